The molecule has 1 aliphatic carbocycles. The minimum Gasteiger partial charge on any atom is -0.328 e. The average molecular weight is 227 g/mol. The first kappa shape index (κ1) is 12.5. The van der Waals surface area contributed by atoms with Gasteiger partial charge >= 0.3 is 0 Å². The molecule has 0 heterocycles. The third kappa shape index (κ3) is 2.71. The second-order valence-corrected chi connectivity index (χ2v) is 4.36. The van der Waals surface area contributed by atoms with Gasteiger partial charge in [0.2, 0.25) is 0 Å². The summed E-state index contributed by atoms with van der Waals surface area (Å²) in [4.78, 5) is 0. The molecule has 4 N–H and O–H groups in total. The number of hydrogen-bond acceptors (Lipinski definition) is 2. The summed E-state index contributed by atoms with van der Waals surface area (Å²) in [6.45, 7) is 0. The van der Waals surface area contributed by atoms with Crippen molar-refractivity contribution in [3.63, 3.8) is 0 Å². The number of halogens is 1. The van der Waals surface area contributed by atoms with Crippen LogP contribution in [0.5, 0.6) is 0 Å². The second-order valence-electron chi connectivity index (χ2n) is 4.36. The largest absolute Gasteiger partial charge is 0.328 e. The molecule has 0 aromatic heterocycles. The highest BCUT2D eigenvalue weighted by Crippen LogP contribution is 2.33. The highest BCUT2D eigenvalue weighted by molar-refractivity contribution is 5.85. The van der Waals surface area contributed by atoms with Gasteiger partial charge < -0.3 is 11.5 Å². The van der Waals surface area contributed by atoms with Crippen LogP contribution in [0.25, 0.3) is 0 Å². The van der Waals surface area contributed by atoms with Crippen LogP contribution in [0.15, 0.2) is 30.3 Å². The van der Waals surface area contributed by atoms with Crippen molar-refractivity contribution in [2.75, 3.05) is 0 Å². The Hall–Kier alpha value is -0.570. The summed E-state index contributed by atoms with van der Waals surface area (Å²) in [5, 5.41) is 0. The maximum Gasteiger partial charge on any atom is 0.0410 e. The molecule has 84 valence electrons. The number of rotatable bonds is 1. The topological polar surface area (TPSA) is 52.0 Å². The minimum absolute atomic E-state index is 0. The zero-order valence-corrected chi connectivity index (χ0v) is 9.67. The molecular weight excluding hydrogens is 208 g/mol. The summed E-state index contributed by atoms with van der Waals surface area (Å²) in [6.07, 6.45) is 4.12. The standard InChI is InChI=1S/C12H18N2.ClH/c13-11-6-8-12(14,9-7-11)10-4-2-1-3-5-10;/h1-5,11H,6-9,13-14H2;1H. The highest BCUT2D eigenvalue weighted by Gasteiger charge is 2.31. The van der Waals surface area contributed by atoms with Gasteiger partial charge in [-0.15, -0.1) is 12.4 Å². The van der Waals surface area contributed by atoms with Crippen LogP contribution in [0, 0.1) is 0 Å². The minimum atomic E-state index is -0.128. The van der Waals surface area contributed by atoms with Gasteiger partial charge in [-0.1, -0.05) is 30.3 Å². The number of nitrogens with two attached hydrogens (primary N) is 2. The molecule has 1 aromatic carbocycles. The summed E-state index contributed by atoms with van der Waals surface area (Å²) in [5.41, 5.74) is 13.4. The van der Waals surface area contributed by atoms with Gasteiger partial charge in [0.15, 0.2) is 0 Å². The van der Waals surface area contributed by atoms with Crippen LogP contribution < -0.4 is 11.5 Å². The van der Waals surface area contributed by atoms with Gasteiger partial charge in [0, 0.05) is 11.6 Å². The molecule has 1 aromatic rings. The lowest BCUT2D eigenvalue weighted by Crippen LogP contribution is -2.43. The van der Waals surface area contributed by atoms with E-state index in [0.717, 1.165) is 25.7 Å². The Balaban J connectivity index is 0.00000112. The Morgan fingerprint density at radius 1 is 1.07 bits per heavy atom. The van der Waals surface area contributed by atoms with Crippen molar-refractivity contribution >= 4 is 12.4 Å². The van der Waals surface area contributed by atoms with E-state index < -0.39 is 0 Å². The lowest BCUT2D eigenvalue weighted by atomic mass is 9.76. The fourth-order valence-electron chi connectivity index (χ4n) is 2.21. The molecule has 0 saturated heterocycles. The zero-order chi connectivity index (χ0) is 10.0. The van der Waals surface area contributed by atoms with E-state index in [9.17, 15) is 0 Å². The molecule has 0 spiro atoms. The van der Waals surface area contributed by atoms with Crippen LogP contribution in [0.4, 0.5) is 0 Å². The Labute approximate surface area is 97.4 Å². The zero-order valence-electron chi connectivity index (χ0n) is 8.86. The second kappa shape index (κ2) is 4.97. The molecule has 1 saturated carbocycles. The predicted molar refractivity (Wildman–Crippen MR) is 66.0 cm³/mol. The molecule has 1 aliphatic rings. The molecule has 3 heteroatoms. The van der Waals surface area contributed by atoms with Gasteiger partial charge in [0.25, 0.3) is 0 Å². The van der Waals surface area contributed by atoms with Gasteiger partial charge in [-0.25, -0.2) is 0 Å². The monoisotopic (exact) mass is 226 g/mol. The maximum atomic E-state index is 6.39. The SMILES string of the molecule is Cl.NC1CCC(N)(c2ccccc2)CC1. The van der Waals surface area contributed by atoms with E-state index in [4.69, 9.17) is 11.5 Å². The van der Waals surface area contributed by atoms with E-state index >= 15 is 0 Å². The molecule has 0 bridgehead atoms. The van der Waals surface area contributed by atoms with E-state index in [-0.39, 0.29) is 17.9 Å². The van der Waals surface area contributed by atoms with Gasteiger partial charge in [-0.3, -0.25) is 0 Å². The molecular formula is C12H19ClN2. The first-order valence-electron chi connectivity index (χ1n) is 5.31. The average Bonchev–Trinajstić information content (AvgIpc) is 2.24. The number of benzene rings is 1. The molecule has 2 nitrogen and oxygen atoms in total. The van der Waals surface area contributed by atoms with Crippen LogP contribution in [0.1, 0.15) is 31.2 Å². The summed E-state index contributed by atoms with van der Waals surface area (Å²) in [6, 6.07) is 10.7. The Kier molecular flexibility index (Phi) is 4.14. The lowest BCUT2D eigenvalue weighted by Gasteiger charge is -2.36. The Morgan fingerprint density at radius 2 is 1.60 bits per heavy atom. The van der Waals surface area contributed by atoms with E-state index in [1.165, 1.54) is 5.56 Å². The van der Waals surface area contributed by atoms with Crippen molar-refractivity contribution in [2.24, 2.45) is 11.5 Å². The van der Waals surface area contributed by atoms with Gasteiger partial charge in [-0.05, 0) is 31.2 Å². The molecule has 0 radical (unpaired) electrons. The summed E-state index contributed by atoms with van der Waals surface area (Å²) in [7, 11) is 0. The van der Waals surface area contributed by atoms with Crippen molar-refractivity contribution in [1.82, 2.24) is 0 Å². The summed E-state index contributed by atoms with van der Waals surface area (Å²) < 4.78 is 0. The maximum absolute atomic E-state index is 6.39. The van der Waals surface area contributed by atoms with Crippen LogP contribution in [0.2, 0.25) is 0 Å². The fourth-order valence-corrected chi connectivity index (χ4v) is 2.21. The predicted octanol–water partition coefficient (Wildman–Crippen LogP) is 2.16. The smallest absolute Gasteiger partial charge is 0.0410 e. The van der Waals surface area contributed by atoms with E-state index in [1.807, 2.05) is 6.07 Å². The summed E-state index contributed by atoms with van der Waals surface area (Å²) >= 11 is 0. The first-order valence-corrected chi connectivity index (χ1v) is 5.31. The fraction of sp³-hybridized carbons (Fsp3) is 0.500. The van der Waals surface area contributed by atoms with Crippen LogP contribution >= 0.6 is 12.4 Å². The van der Waals surface area contributed by atoms with Crippen molar-refractivity contribution in [3.05, 3.63) is 35.9 Å². The molecule has 0 atom stereocenters. The lowest BCUT2D eigenvalue weighted by molar-refractivity contribution is 0.278. The molecule has 0 amide bonds. The van der Waals surface area contributed by atoms with Crippen molar-refractivity contribution < 1.29 is 0 Å². The van der Waals surface area contributed by atoms with Gasteiger partial charge in [-0.2, -0.15) is 0 Å². The Bertz CT molecular complexity index is 292. The van der Waals surface area contributed by atoms with E-state index in [0.29, 0.717) is 6.04 Å². The van der Waals surface area contributed by atoms with Crippen LogP contribution in [-0.2, 0) is 5.54 Å². The third-order valence-corrected chi connectivity index (χ3v) is 3.27. The molecule has 2 rings (SSSR count). The Morgan fingerprint density at radius 3 is 2.13 bits per heavy atom. The molecule has 15 heavy (non-hydrogen) atoms. The third-order valence-electron chi connectivity index (χ3n) is 3.27. The molecule has 1 fully saturated rings. The number of hydrogen-bond donors (Lipinski definition) is 2. The highest BCUT2D eigenvalue weighted by atomic mass is 35.5. The molecule has 0 aliphatic heterocycles. The van der Waals surface area contributed by atoms with E-state index in [1.54, 1.807) is 0 Å². The van der Waals surface area contributed by atoms with E-state index in [2.05, 4.69) is 24.3 Å². The van der Waals surface area contributed by atoms with Crippen molar-refractivity contribution in [1.29, 1.82) is 0 Å². The quantitative estimate of drug-likeness (QED) is 0.771. The molecule has 0 unspecified atom stereocenters. The van der Waals surface area contributed by atoms with Crippen molar-refractivity contribution in [3.8, 4) is 0 Å². The summed E-state index contributed by atoms with van der Waals surface area (Å²) in [5.74, 6) is 0. The normalized spacial score (nSPS) is 30.7. The van der Waals surface area contributed by atoms with Crippen LogP contribution in [-0.4, -0.2) is 6.04 Å². The van der Waals surface area contributed by atoms with Gasteiger partial charge in [0.05, 0.1) is 0 Å². The van der Waals surface area contributed by atoms with Crippen molar-refractivity contribution in [2.45, 2.75) is 37.3 Å². The van der Waals surface area contributed by atoms with Crippen LogP contribution in [0.3, 0.4) is 0 Å². The van der Waals surface area contributed by atoms with Gasteiger partial charge in [0.1, 0.15) is 0 Å². The first-order chi connectivity index (χ1) is 6.71.